The zero-order valence-corrected chi connectivity index (χ0v) is 8.79. The van der Waals surface area contributed by atoms with Gasteiger partial charge in [0.1, 0.15) is 0 Å². The summed E-state index contributed by atoms with van der Waals surface area (Å²) in [6.07, 6.45) is 1.13. The molecule has 0 radical (unpaired) electrons. The Balaban J connectivity index is 2.38. The molecule has 14 heavy (non-hydrogen) atoms. The fourth-order valence-electron chi connectivity index (χ4n) is 1.06. The van der Waals surface area contributed by atoms with Gasteiger partial charge in [-0.2, -0.15) is 5.10 Å². The lowest BCUT2D eigenvalue weighted by Gasteiger charge is -2.03. The highest BCUT2D eigenvalue weighted by Crippen LogP contribution is 2.03. The van der Waals surface area contributed by atoms with E-state index in [1.165, 1.54) is 0 Å². The van der Waals surface area contributed by atoms with Gasteiger partial charge in [-0.05, 0) is 26.0 Å². The maximum atomic E-state index is 5.19. The summed E-state index contributed by atoms with van der Waals surface area (Å²) in [5, 5.41) is 11.2. The molecular formula is C10H17N3O. The van der Waals surface area contributed by atoms with Crippen LogP contribution in [-0.4, -0.2) is 23.3 Å². The second-order valence-electron chi connectivity index (χ2n) is 2.97. The van der Waals surface area contributed by atoms with Crippen molar-refractivity contribution in [1.82, 2.24) is 15.5 Å². The van der Waals surface area contributed by atoms with Gasteiger partial charge in [-0.15, -0.1) is 5.10 Å². The van der Waals surface area contributed by atoms with E-state index in [0.717, 1.165) is 25.2 Å². The molecule has 4 nitrogen and oxygen atoms in total. The van der Waals surface area contributed by atoms with Crippen molar-refractivity contribution in [2.24, 2.45) is 0 Å². The van der Waals surface area contributed by atoms with Crippen LogP contribution in [0.2, 0.25) is 0 Å². The summed E-state index contributed by atoms with van der Waals surface area (Å²) >= 11 is 0. The quantitative estimate of drug-likeness (QED) is 0.696. The highest BCUT2D eigenvalue weighted by molar-refractivity contribution is 5.11. The number of nitrogens with zero attached hydrogens (tertiary/aromatic N) is 2. The van der Waals surface area contributed by atoms with Crippen molar-refractivity contribution in [2.45, 2.75) is 26.8 Å². The van der Waals surface area contributed by atoms with Gasteiger partial charge in [0.15, 0.2) is 0 Å². The Labute approximate surface area is 84.7 Å². The molecule has 0 aliphatic heterocycles. The minimum absolute atomic E-state index is 0.590. The first-order valence-electron chi connectivity index (χ1n) is 5.03. The van der Waals surface area contributed by atoms with E-state index in [2.05, 4.69) is 22.4 Å². The van der Waals surface area contributed by atoms with Crippen molar-refractivity contribution in [3.63, 3.8) is 0 Å². The molecule has 1 aromatic heterocycles. The van der Waals surface area contributed by atoms with E-state index in [0.29, 0.717) is 12.5 Å². The highest BCUT2D eigenvalue weighted by atomic mass is 16.5. The van der Waals surface area contributed by atoms with Crippen molar-refractivity contribution in [3.05, 3.63) is 17.8 Å². The average molecular weight is 195 g/mol. The van der Waals surface area contributed by atoms with Crippen LogP contribution in [0.5, 0.6) is 5.88 Å². The number of ether oxygens (including phenoxy) is 1. The number of rotatable bonds is 6. The maximum Gasteiger partial charge on any atom is 0.233 e. The molecule has 0 amide bonds. The van der Waals surface area contributed by atoms with Gasteiger partial charge in [0.05, 0.1) is 12.3 Å². The summed E-state index contributed by atoms with van der Waals surface area (Å²) in [5.74, 6) is 0.590. The smallest absolute Gasteiger partial charge is 0.233 e. The Hall–Kier alpha value is -1.16. The van der Waals surface area contributed by atoms with E-state index in [9.17, 15) is 0 Å². The van der Waals surface area contributed by atoms with Gasteiger partial charge >= 0.3 is 0 Å². The molecule has 78 valence electrons. The fraction of sp³-hybridized carbons (Fsp3) is 0.600. The Bertz CT molecular complexity index is 248. The lowest BCUT2D eigenvalue weighted by Crippen LogP contribution is -2.15. The average Bonchev–Trinajstić information content (AvgIpc) is 2.21. The minimum Gasteiger partial charge on any atom is -0.477 e. The Morgan fingerprint density at radius 3 is 2.71 bits per heavy atom. The van der Waals surface area contributed by atoms with Gasteiger partial charge in [0.2, 0.25) is 5.88 Å². The topological polar surface area (TPSA) is 47.0 Å². The van der Waals surface area contributed by atoms with Crippen LogP contribution in [0.1, 0.15) is 26.0 Å². The fourth-order valence-corrected chi connectivity index (χ4v) is 1.06. The van der Waals surface area contributed by atoms with Crippen molar-refractivity contribution in [2.75, 3.05) is 13.2 Å². The van der Waals surface area contributed by atoms with E-state index < -0.39 is 0 Å². The highest BCUT2D eigenvalue weighted by Gasteiger charge is 1.96. The summed E-state index contributed by atoms with van der Waals surface area (Å²) in [7, 11) is 0. The third-order valence-electron chi connectivity index (χ3n) is 1.72. The first kappa shape index (κ1) is 10.9. The lowest BCUT2D eigenvalue weighted by atomic mass is 10.3. The molecule has 0 fully saturated rings. The Kier molecular flexibility index (Phi) is 4.93. The van der Waals surface area contributed by atoms with E-state index >= 15 is 0 Å². The number of nitrogens with one attached hydrogen (secondary N) is 1. The molecule has 0 saturated heterocycles. The monoisotopic (exact) mass is 195 g/mol. The van der Waals surface area contributed by atoms with Crippen LogP contribution >= 0.6 is 0 Å². The predicted molar refractivity (Wildman–Crippen MR) is 55.2 cm³/mol. The van der Waals surface area contributed by atoms with Gasteiger partial charge < -0.3 is 10.1 Å². The molecule has 0 aromatic carbocycles. The molecule has 1 heterocycles. The summed E-state index contributed by atoms with van der Waals surface area (Å²) < 4.78 is 5.19. The van der Waals surface area contributed by atoms with Gasteiger partial charge in [0, 0.05) is 12.6 Å². The summed E-state index contributed by atoms with van der Waals surface area (Å²) in [4.78, 5) is 0. The van der Waals surface area contributed by atoms with Gasteiger partial charge in [-0.3, -0.25) is 0 Å². The van der Waals surface area contributed by atoms with Gasteiger partial charge in [-0.1, -0.05) is 6.92 Å². The van der Waals surface area contributed by atoms with Crippen molar-refractivity contribution in [3.8, 4) is 5.88 Å². The summed E-state index contributed by atoms with van der Waals surface area (Å²) in [5.41, 5.74) is 0.946. The molecule has 0 spiro atoms. The molecule has 0 aliphatic rings. The van der Waals surface area contributed by atoms with Gasteiger partial charge in [-0.25, -0.2) is 0 Å². The first-order chi connectivity index (χ1) is 6.86. The van der Waals surface area contributed by atoms with Crippen molar-refractivity contribution in [1.29, 1.82) is 0 Å². The van der Waals surface area contributed by atoms with E-state index in [1.807, 2.05) is 19.1 Å². The predicted octanol–water partition coefficient (Wildman–Crippen LogP) is 1.37. The SMILES string of the molecule is CCCNCc1ccc(OCC)nn1. The molecule has 0 bridgehead atoms. The molecule has 4 heteroatoms. The molecule has 1 N–H and O–H groups in total. The summed E-state index contributed by atoms with van der Waals surface area (Å²) in [6, 6.07) is 3.78. The maximum absolute atomic E-state index is 5.19. The normalized spacial score (nSPS) is 10.1. The van der Waals surface area contributed by atoms with Crippen LogP contribution in [0.3, 0.4) is 0 Å². The van der Waals surface area contributed by atoms with Crippen LogP contribution < -0.4 is 10.1 Å². The van der Waals surface area contributed by atoms with Crippen LogP contribution in [0, 0.1) is 0 Å². The second-order valence-corrected chi connectivity index (χ2v) is 2.97. The molecule has 0 atom stereocenters. The third kappa shape index (κ3) is 3.70. The van der Waals surface area contributed by atoms with Gasteiger partial charge in [0.25, 0.3) is 0 Å². The zero-order chi connectivity index (χ0) is 10.2. The standard InChI is InChI=1S/C10H17N3O/c1-3-7-11-8-9-5-6-10(13-12-9)14-4-2/h5-6,11H,3-4,7-8H2,1-2H3. The third-order valence-corrected chi connectivity index (χ3v) is 1.72. The van der Waals surface area contributed by atoms with Crippen molar-refractivity contribution < 1.29 is 4.74 Å². The molecule has 0 aliphatic carbocycles. The molecule has 0 unspecified atom stereocenters. The minimum atomic E-state index is 0.590. The number of hydrogen-bond donors (Lipinski definition) is 1. The van der Waals surface area contributed by atoms with E-state index in [4.69, 9.17) is 4.74 Å². The number of aromatic nitrogens is 2. The van der Waals surface area contributed by atoms with Crippen LogP contribution in [0.25, 0.3) is 0 Å². The molecule has 1 aromatic rings. The van der Waals surface area contributed by atoms with E-state index in [-0.39, 0.29) is 0 Å². The Morgan fingerprint density at radius 1 is 1.29 bits per heavy atom. The largest absolute Gasteiger partial charge is 0.477 e. The number of hydrogen-bond acceptors (Lipinski definition) is 4. The summed E-state index contributed by atoms with van der Waals surface area (Å²) in [6.45, 7) is 6.47. The lowest BCUT2D eigenvalue weighted by molar-refractivity contribution is 0.322. The molecule has 1 rings (SSSR count). The van der Waals surface area contributed by atoms with Crippen molar-refractivity contribution >= 4 is 0 Å². The zero-order valence-electron chi connectivity index (χ0n) is 8.79. The second kappa shape index (κ2) is 6.32. The Morgan fingerprint density at radius 2 is 2.14 bits per heavy atom. The molecular weight excluding hydrogens is 178 g/mol. The molecule has 0 saturated carbocycles. The van der Waals surface area contributed by atoms with Crippen LogP contribution in [0.15, 0.2) is 12.1 Å². The van der Waals surface area contributed by atoms with Crippen LogP contribution in [-0.2, 0) is 6.54 Å². The first-order valence-corrected chi connectivity index (χ1v) is 5.03. The van der Waals surface area contributed by atoms with Crippen LogP contribution in [0.4, 0.5) is 0 Å². The van der Waals surface area contributed by atoms with E-state index in [1.54, 1.807) is 0 Å².